The molecule has 0 atom stereocenters. The van der Waals surface area contributed by atoms with Crippen molar-refractivity contribution in [3.63, 3.8) is 0 Å². The zero-order chi connectivity index (χ0) is 13.3. The molecule has 0 aliphatic heterocycles. The summed E-state index contributed by atoms with van der Waals surface area (Å²) in [5.41, 5.74) is 1.40. The lowest BCUT2D eigenvalue weighted by molar-refractivity contribution is 0.0686. The highest BCUT2D eigenvalue weighted by atomic mass is 16.5. The van der Waals surface area contributed by atoms with Gasteiger partial charge in [0.1, 0.15) is 5.75 Å². The number of carboxylic acid groups (broad SMARTS) is 1. The molecule has 0 spiro atoms. The fourth-order valence-electron chi connectivity index (χ4n) is 1.62. The normalized spacial score (nSPS) is 10.8. The number of benzene rings is 1. The maximum Gasteiger partial charge on any atom is 0.358 e. The summed E-state index contributed by atoms with van der Waals surface area (Å²) in [6, 6.07) is 6.36. The van der Waals surface area contributed by atoms with Crippen LogP contribution in [0.25, 0.3) is 11.3 Å². The number of hydrogen-bond acceptors (Lipinski definition) is 4. The Labute approximate surface area is 104 Å². The van der Waals surface area contributed by atoms with Gasteiger partial charge in [-0.1, -0.05) is 19.0 Å². The maximum atomic E-state index is 10.7. The molecule has 0 radical (unpaired) electrons. The molecule has 5 heteroatoms. The van der Waals surface area contributed by atoms with Crippen LogP contribution in [0.15, 0.2) is 28.8 Å². The summed E-state index contributed by atoms with van der Waals surface area (Å²) in [6.45, 7) is 4.00. The summed E-state index contributed by atoms with van der Waals surface area (Å²) in [6.07, 6.45) is 0. The molecule has 0 fully saturated rings. The van der Waals surface area contributed by atoms with Crippen LogP contribution in [-0.4, -0.2) is 21.3 Å². The van der Waals surface area contributed by atoms with Gasteiger partial charge in [0.2, 0.25) is 0 Å². The van der Waals surface area contributed by atoms with E-state index in [-0.39, 0.29) is 17.4 Å². The largest absolute Gasteiger partial charge is 0.508 e. The second-order valence-corrected chi connectivity index (χ2v) is 4.35. The van der Waals surface area contributed by atoms with Crippen LogP contribution in [0.2, 0.25) is 0 Å². The van der Waals surface area contributed by atoms with E-state index in [4.69, 9.17) is 9.63 Å². The van der Waals surface area contributed by atoms with Crippen molar-refractivity contribution < 1.29 is 19.5 Å². The lowest BCUT2D eigenvalue weighted by Gasteiger charge is -2.07. The SMILES string of the molecule is CC(C)c1cc(O)cc(-c2cc(C(=O)O)no2)c1. The van der Waals surface area contributed by atoms with Crippen LogP contribution in [-0.2, 0) is 0 Å². The van der Waals surface area contributed by atoms with Crippen molar-refractivity contribution in [2.75, 3.05) is 0 Å². The van der Waals surface area contributed by atoms with E-state index in [1.807, 2.05) is 19.9 Å². The Balaban J connectivity index is 2.46. The molecule has 18 heavy (non-hydrogen) atoms. The summed E-state index contributed by atoms with van der Waals surface area (Å²) >= 11 is 0. The number of aromatic hydroxyl groups is 1. The number of nitrogens with zero attached hydrogens (tertiary/aromatic N) is 1. The van der Waals surface area contributed by atoms with Crippen LogP contribution in [0.3, 0.4) is 0 Å². The average molecular weight is 247 g/mol. The van der Waals surface area contributed by atoms with Crippen molar-refractivity contribution in [3.8, 4) is 17.1 Å². The van der Waals surface area contributed by atoms with Gasteiger partial charge < -0.3 is 14.7 Å². The van der Waals surface area contributed by atoms with Crippen LogP contribution >= 0.6 is 0 Å². The Morgan fingerprint density at radius 1 is 1.28 bits per heavy atom. The van der Waals surface area contributed by atoms with E-state index in [9.17, 15) is 9.90 Å². The Kier molecular flexibility index (Phi) is 3.06. The van der Waals surface area contributed by atoms with Crippen LogP contribution in [0.1, 0.15) is 35.8 Å². The number of carbonyl (C=O) groups is 1. The van der Waals surface area contributed by atoms with E-state index >= 15 is 0 Å². The number of hydrogen-bond donors (Lipinski definition) is 2. The number of aromatic carboxylic acids is 1. The molecule has 0 saturated carbocycles. The molecule has 0 saturated heterocycles. The molecular formula is C13H13NO4. The van der Waals surface area contributed by atoms with Gasteiger partial charge in [-0.3, -0.25) is 0 Å². The first-order valence-corrected chi connectivity index (χ1v) is 5.51. The average Bonchev–Trinajstić information content (AvgIpc) is 2.77. The van der Waals surface area contributed by atoms with Gasteiger partial charge in [-0.25, -0.2) is 4.79 Å². The molecule has 2 aromatic rings. The van der Waals surface area contributed by atoms with E-state index in [2.05, 4.69) is 5.16 Å². The molecule has 0 aliphatic rings. The van der Waals surface area contributed by atoms with Gasteiger partial charge in [-0.15, -0.1) is 0 Å². The molecule has 2 rings (SSSR count). The van der Waals surface area contributed by atoms with Crippen molar-refractivity contribution >= 4 is 5.97 Å². The van der Waals surface area contributed by atoms with Crippen LogP contribution in [0, 0.1) is 0 Å². The molecule has 0 aliphatic carbocycles. The van der Waals surface area contributed by atoms with Crippen molar-refractivity contribution in [2.45, 2.75) is 19.8 Å². The topological polar surface area (TPSA) is 83.6 Å². The van der Waals surface area contributed by atoms with Crippen LogP contribution in [0.4, 0.5) is 0 Å². The third kappa shape index (κ3) is 2.34. The Morgan fingerprint density at radius 3 is 2.56 bits per heavy atom. The third-order valence-corrected chi connectivity index (χ3v) is 2.62. The minimum absolute atomic E-state index is 0.115. The van der Waals surface area contributed by atoms with E-state index < -0.39 is 5.97 Å². The molecule has 0 bridgehead atoms. The standard InChI is InChI=1S/C13H13NO4/c1-7(2)8-3-9(5-10(15)4-8)12-6-11(13(16)17)14-18-12/h3-7,15H,1-2H3,(H,16,17). The summed E-state index contributed by atoms with van der Waals surface area (Å²) in [5, 5.41) is 21.9. The Bertz CT molecular complexity index is 586. The lowest BCUT2D eigenvalue weighted by Crippen LogP contribution is -1.94. The molecule has 2 N–H and O–H groups in total. The minimum atomic E-state index is -1.14. The van der Waals surface area contributed by atoms with E-state index in [1.165, 1.54) is 12.1 Å². The monoisotopic (exact) mass is 247 g/mol. The highest BCUT2D eigenvalue weighted by molar-refractivity contribution is 5.86. The predicted octanol–water partition coefficient (Wildman–Crippen LogP) is 2.87. The van der Waals surface area contributed by atoms with E-state index in [0.29, 0.717) is 11.3 Å². The molecule has 1 aromatic carbocycles. The Hall–Kier alpha value is -2.30. The van der Waals surface area contributed by atoms with Crippen molar-refractivity contribution in [2.24, 2.45) is 0 Å². The molecule has 5 nitrogen and oxygen atoms in total. The van der Waals surface area contributed by atoms with Gasteiger partial charge in [0.25, 0.3) is 0 Å². The molecule has 0 amide bonds. The Morgan fingerprint density at radius 2 is 2.00 bits per heavy atom. The number of aromatic nitrogens is 1. The molecule has 1 heterocycles. The van der Waals surface area contributed by atoms with Gasteiger partial charge in [-0.2, -0.15) is 0 Å². The first-order chi connectivity index (χ1) is 8.47. The molecular weight excluding hydrogens is 234 g/mol. The maximum absolute atomic E-state index is 10.7. The summed E-state index contributed by atoms with van der Waals surface area (Å²) in [5.74, 6) is -0.457. The third-order valence-electron chi connectivity index (χ3n) is 2.62. The van der Waals surface area contributed by atoms with Gasteiger partial charge in [-0.05, 0) is 29.7 Å². The number of rotatable bonds is 3. The summed E-state index contributed by atoms with van der Waals surface area (Å²) in [7, 11) is 0. The quantitative estimate of drug-likeness (QED) is 0.871. The first kappa shape index (κ1) is 12.2. The fourth-order valence-corrected chi connectivity index (χ4v) is 1.62. The van der Waals surface area contributed by atoms with Gasteiger partial charge in [0, 0.05) is 11.6 Å². The molecule has 1 aromatic heterocycles. The van der Waals surface area contributed by atoms with Crippen molar-refractivity contribution in [1.29, 1.82) is 0 Å². The first-order valence-electron chi connectivity index (χ1n) is 5.51. The highest BCUT2D eigenvalue weighted by Gasteiger charge is 2.14. The summed E-state index contributed by atoms with van der Waals surface area (Å²) in [4.78, 5) is 10.7. The van der Waals surface area contributed by atoms with Crippen molar-refractivity contribution in [1.82, 2.24) is 5.16 Å². The fraction of sp³-hybridized carbons (Fsp3) is 0.231. The molecule has 0 unspecified atom stereocenters. The van der Waals surface area contributed by atoms with E-state index in [1.54, 1.807) is 6.07 Å². The zero-order valence-corrected chi connectivity index (χ0v) is 10.0. The van der Waals surface area contributed by atoms with Crippen LogP contribution < -0.4 is 0 Å². The number of phenols is 1. The second-order valence-electron chi connectivity index (χ2n) is 4.35. The van der Waals surface area contributed by atoms with Crippen molar-refractivity contribution in [3.05, 3.63) is 35.5 Å². The number of phenolic OH excluding ortho intramolecular Hbond substituents is 1. The zero-order valence-electron chi connectivity index (χ0n) is 10.0. The minimum Gasteiger partial charge on any atom is -0.508 e. The molecule has 94 valence electrons. The lowest BCUT2D eigenvalue weighted by atomic mass is 9.99. The summed E-state index contributed by atoms with van der Waals surface area (Å²) < 4.78 is 4.96. The number of carboxylic acids is 1. The second kappa shape index (κ2) is 4.52. The van der Waals surface area contributed by atoms with E-state index in [0.717, 1.165) is 5.56 Å². The van der Waals surface area contributed by atoms with Gasteiger partial charge in [0.15, 0.2) is 11.5 Å². The van der Waals surface area contributed by atoms with Gasteiger partial charge in [0.05, 0.1) is 0 Å². The highest BCUT2D eigenvalue weighted by Crippen LogP contribution is 2.29. The smallest absolute Gasteiger partial charge is 0.358 e. The predicted molar refractivity (Wildman–Crippen MR) is 64.7 cm³/mol. The van der Waals surface area contributed by atoms with Crippen LogP contribution in [0.5, 0.6) is 5.75 Å². The van der Waals surface area contributed by atoms with Gasteiger partial charge >= 0.3 is 5.97 Å².